The molecule has 1 aliphatic carbocycles. The molecular weight excluding hydrogens is 526 g/mol. The maximum absolute atomic E-state index is 13.3. The van der Waals surface area contributed by atoms with Crippen LogP contribution < -0.4 is 14.5 Å². The highest BCUT2D eigenvalue weighted by Crippen LogP contribution is 2.48. The highest BCUT2D eigenvalue weighted by atomic mass is 16.6. The molecule has 3 heterocycles. The van der Waals surface area contributed by atoms with Crippen molar-refractivity contribution in [3.05, 3.63) is 18.2 Å². The third-order valence-electron chi connectivity index (χ3n) is 8.28. The molecule has 0 aromatic heterocycles. The van der Waals surface area contributed by atoms with Crippen molar-refractivity contribution >= 4 is 29.2 Å². The minimum Gasteiger partial charge on any atom is -0.476 e. The summed E-state index contributed by atoms with van der Waals surface area (Å²) >= 11 is 0. The number of piperidine rings is 1. The monoisotopic (exact) mass is 571 g/mol. The number of likely N-dealkylation sites (tertiary alicyclic amines) is 1. The zero-order valence-corrected chi connectivity index (χ0v) is 25.5. The second kappa shape index (κ2) is 11.1. The maximum Gasteiger partial charge on any atom is 0.410 e. The lowest BCUT2D eigenvalue weighted by Crippen LogP contribution is -2.53. The topological polar surface area (TPSA) is 101 Å². The molecule has 2 saturated heterocycles. The van der Waals surface area contributed by atoms with Crippen LogP contribution in [0.25, 0.3) is 0 Å². The predicted octanol–water partition coefficient (Wildman–Crippen LogP) is 4.38. The lowest BCUT2D eigenvalue weighted by atomic mass is 9.85. The Morgan fingerprint density at radius 2 is 1.90 bits per heavy atom. The molecule has 41 heavy (non-hydrogen) atoms. The van der Waals surface area contributed by atoms with E-state index in [0.29, 0.717) is 44.5 Å². The summed E-state index contributed by atoms with van der Waals surface area (Å²) in [6.45, 7) is 12.7. The third kappa shape index (κ3) is 6.48. The summed E-state index contributed by atoms with van der Waals surface area (Å²) in [5.74, 6) is 0.470. The number of methoxy groups -OCH3 is 1. The number of ketones is 1. The first-order valence-electron chi connectivity index (χ1n) is 14.8. The van der Waals surface area contributed by atoms with Crippen LogP contribution >= 0.6 is 0 Å². The first-order chi connectivity index (χ1) is 19.3. The third-order valence-corrected chi connectivity index (χ3v) is 8.28. The van der Waals surface area contributed by atoms with Crippen LogP contribution in [0, 0.1) is 11.8 Å². The number of fused-ring (bicyclic) bond motifs is 1. The van der Waals surface area contributed by atoms with Crippen molar-refractivity contribution < 1.29 is 33.3 Å². The van der Waals surface area contributed by atoms with Gasteiger partial charge in [-0.2, -0.15) is 0 Å². The van der Waals surface area contributed by atoms with Gasteiger partial charge >= 0.3 is 6.09 Å². The predicted molar refractivity (Wildman–Crippen MR) is 154 cm³/mol. The number of benzene rings is 1. The Bertz CT molecular complexity index is 1170. The first-order valence-corrected chi connectivity index (χ1v) is 14.8. The van der Waals surface area contributed by atoms with Gasteiger partial charge in [-0.25, -0.2) is 4.79 Å². The van der Waals surface area contributed by atoms with Crippen molar-refractivity contribution in [2.45, 2.75) is 96.8 Å². The Labute approximate surface area is 243 Å². The summed E-state index contributed by atoms with van der Waals surface area (Å²) in [6.07, 6.45) is 2.88. The fourth-order valence-electron chi connectivity index (χ4n) is 6.05. The quantitative estimate of drug-likeness (QED) is 0.318. The van der Waals surface area contributed by atoms with Gasteiger partial charge < -0.3 is 33.6 Å². The lowest BCUT2D eigenvalue weighted by molar-refractivity contribution is -0.132. The van der Waals surface area contributed by atoms with Gasteiger partial charge in [0.25, 0.3) is 5.91 Å². The molecule has 0 bridgehead atoms. The van der Waals surface area contributed by atoms with Crippen LogP contribution in [0.15, 0.2) is 18.2 Å². The van der Waals surface area contributed by atoms with Crippen molar-refractivity contribution in [3.8, 4) is 5.75 Å². The van der Waals surface area contributed by atoms with Crippen molar-refractivity contribution in [2.75, 3.05) is 43.2 Å². The molecule has 5 rings (SSSR count). The molecule has 10 nitrogen and oxygen atoms in total. The molecule has 1 aromatic rings. The van der Waals surface area contributed by atoms with Gasteiger partial charge in [0.1, 0.15) is 23.2 Å². The summed E-state index contributed by atoms with van der Waals surface area (Å²) in [7, 11) is 1.66. The molecule has 0 spiro atoms. The highest BCUT2D eigenvalue weighted by Gasteiger charge is 2.54. The SMILES string of the molecule is COCCCN1C(=O)C(C)(C)Oc2ccc(N(C3CC3)C3OC3[C@@H]3C[C@H](C(C)=O)CN(C(=O)OC(C)(C)C)C3)cc21. The number of hydrogen-bond acceptors (Lipinski definition) is 8. The minimum atomic E-state index is -0.948. The summed E-state index contributed by atoms with van der Waals surface area (Å²) in [4.78, 5) is 44.5. The maximum atomic E-state index is 13.3. The van der Waals surface area contributed by atoms with Gasteiger partial charge in [-0.1, -0.05) is 0 Å². The molecule has 226 valence electrons. The summed E-state index contributed by atoms with van der Waals surface area (Å²) in [5, 5.41) is 0. The highest BCUT2D eigenvalue weighted by molar-refractivity contribution is 6.02. The van der Waals surface area contributed by atoms with E-state index < -0.39 is 11.2 Å². The van der Waals surface area contributed by atoms with Gasteiger partial charge in [0.05, 0.1) is 5.69 Å². The molecule has 2 amide bonds. The largest absolute Gasteiger partial charge is 0.476 e. The van der Waals surface area contributed by atoms with Crippen LogP contribution in [0.5, 0.6) is 5.75 Å². The second-order valence-corrected chi connectivity index (χ2v) is 13.4. The standard InChI is InChI=1S/C31H45N3O7/c1-19(35)20-15-21(18-32(17-20)29(37)41-30(2,3)4)26-27(39-26)34(22-9-10-22)23-11-12-25-24(16-23)33(13-8-14-38-7)28(36)31(5,6)40-25/h11-12,16,20-22,26-27H,8-10,13-15,17-18H2,1-7H3/t20-,21+,26?,27?/m0/s1. The number of nitrogens with zero attached hydrogens (tertiary/aromatic N) is 3. The van der Waals surface area contributed by atoms with E-state index in [2.05, 4.69) is 4.90 Å². The van der Waals surface area contributed by atoms with Gasteiger partial charge in [0, 0.05) is 56.9 Å². The molecule has 1 aromatic carbocycles. The number of anilines is 2. The number of epoxide rings is 1. The smallest absolute Gasteiger partial charge is 0.410 e. The molecule has 4 aliphatic rings. The number of ether oxygens (including phenoxy) is 4. The van der Waals surface area contributed by atoms with Gasteiger partial charge in [0.2, 0.25) is 0 Å². The van der Waals surface area contributed by atoms with Gasteiger partial charge in [-0.3, -0.25) is 9.59 Å². The zero-order chi connectivity index (χ0) is 29.7. The number of Topliss-reactive ketones (excluding diaryl/α,β-unsaturated/α-hetero) is 1. The van der Waals surface area contributed by atoms with Gasteiger partial charge in [-0.05, 0) is 85.4 Å². The van der Waals surface area contributed by atoms with Gasteiger partial charge in [0.15, 0.2) is 11.8 Å². The summed E-state index contributed by atoms with van der Waals surface area (Å²) in [5.41, 5.74) is 0.184. The molecule has 2 unspecified atom stereocenters. The molecule has 1 saturated carbocycles. The molecule has 0 N–H and O–H groups in total. The number of hydrogen-bond donors (Lipinski definition) is 0. The fraction of sp³-hybridized carbons (Fsp3) is 0.710. The van der Waals surface area contributed by atoms with Crippen molar-refractivity contribution in [2.24, 2.45) is 11.8 Å². The van der Waals surface area contributed by atoms with E-state index in [0.717, 1.165) is 30.6 Å². The van der Waals surface area contributed by atoms with Crippen LogP contribution in [0.1, 0.15) is 67.2 Å². The molecule has 3 fully saturated rings. The van der Waals surface area contributed by atoms with E-state index >= 15 is 0 Å². The Hall–Kier alpha value is -2.85. The first kappa shape index (κ1) is 29.6. The lowest BCUT2D eigenvalue weighted by Gasteiger charge is -2.39. The molecule has 10 heteroatoms. The second-order valence-electron chi connectivity index (χ2n) is 13.4. The summed E-state index contributed by atoms with van der Waals surface area (Å²) in [6, 6.07) is 6.38. The Balaban J connectivity index is 1.37. The fourth-order valence-corrected chi connectivity index (χ4v) is 6.05. The van der Waals surface area contributed by atoms with Crippen LogP contribution in [0.2, 0.25) is 0 Å². The van der Waals surface area contributed by atoms with E-state index in [9.17, 15) is 14.4 Å². The minimum absolute atomic E-state index is 0.0188. The molecular formula is C31H45N3O7. The van der Waals surface area contributed by atoms with Crippen molar-refractivity contribution in [3.63, 3.8) is 0 Å². The number of carbonyl (C=O) groups excluding carboxylic acids is 3. The van der Waals surface area contributed by atoms with E-state index in [1.807, 2.05) is 43.9 Å². The van der Waals surface area contributed by atoms with Crippen LogP contribution in [0.4, 0.5) is 16.2 Å². The van der Waals surface area contributed by atoms with Crippen LogP contribution in [-0.4, -0.2) is 85.6 Å². The van der Waals surface area contributed by atoms with E-state index in [-0.39, 0.29) is 42.0 Å². The Morgan fingerprint density at radius 1 is 1.17 bits per heavy atom. The Kier molecular flexibility index (Phi) is 8.02. The van der Waals surface area contributed by atoms with E-state index in [4.69, 9.17) is 18.9 Å². The van der Waals surface area contributed by atoms with E-state index in [1.165, 1.54) is 0 Å². The van der Waals surface area contributed by atoms with Gasteiger partial charge in [-0.15, -0.1) is 0 Å². The van der Waals surface area contributed by atoms with Crippen LogP contribution in [-0.2, 0) is 23.8 Å². The number of carbonyl (C=O) groups is 3. The van der Waals surface area contributed by atoms with Crippen LogP contribution in [0.3, 0.4) is 0 Å². The molecule has 3 aliphatic heterocycles. The number of amides is 2. The molecule has 0 radical (unpaired) electrons. The normalized spacial score (nSPS) is 27.1. The van der Waals surface area contributed by atoms with E-state index in [1.54, 1.807) is 32.8 Å². The average molecular weight is 572 g/mol. The number of rotatable bonds is 9. The average Bonchev–Trinajstić information content (AvgIpc) is 3.82. The Morgan fingerprint density at radius 3 is 2.54 bits per heavy atom. The summed E-state index contributed by atoms with van der Waals surface area (Å²) < 4.78 is 23.3. The van der Waals surface area contributed by atoms with Crippen molar-refractivity contribution in [1.82, 2.24) is 4.90 Å². The van der Waals surface area contributed by atoms with Crippen molar-refractivity contribution in [1.29, 1.82) is 0 Å². The zero-order valence-electron chi connectivity index (χ0n) is 25.5. The molecule has 4 atom stereocenters.